The molecule has 0 aliphatic carbocycles. The molecule has 0 atom stereocenters. The van der Waals surface area contributed by atoms with Crippen molar-refractivity contribution in [3.63, 3.8) is 0 Å². The third kappa shape index (κ3) is 7.52. The van der Waals surface area contributed by atoms with Gasteiger partial charge in [-0.3, -0.25) is 0 Å². The monoisotopic (exact) mass is 686 g/mol. The lowest BCUT2D eigenvalue weighted by Gasteiger charge is -2.28. The van der Waals surface area contributed by atoms with Gasteiger partial charge in [-0.05, 0) is 102 Å². The maximum atomic E-state index is 9.67. The highest BCUT2D eigenvalue weighted by Crippen LogP contribution is 2.42. The van der Waals surface area contributed by atoms with Crippen LogP contribution in [0.25, 0.3) is 38.5 Å². The Balaban J connectivity index is 1.18. The molecule has 0 N–H and O–H groups in total. The summed E-state index contributed by atoms with van der Waals surface area (Å²) in [7, 11) is 0. The van der Waals surface area contributed by atoms with Gasteiger partial charge in [0, 0.05) is 35.2 Å². The number of hydrogen-bond acceptors (Lipinski definition) is 4. The number of fused-ring (bicyclic) bond motifs is 2. The van der Waals surface area contributed by atoms with E-state index >= 15 is 0 Å². The smallest absolute Gasteiger partial charge is 0.269 e. The van der Waals surface area contributed by atoms with Gasteiger partial charge in [0.15, 0.2) is 0 Å². The first-order valence-electron chi connectivity index (χ1n) is 17.8. The summed E-state index contributed by atoms with van der Waals surface area (Å²) in [6.45, 7) is 13.8. The molecule has 53 heavy (non-hydrogen) atoms. The lowest BCUT2D eigenvalue weighted by Crippen LogP contribution is -2.21. The van der Waals surface area contributed by atoms with Crippen LogP contribution in [0.5, 0.6) is 0 Å². The van der Waals surface area contributed by atoms with Crippen LogP contribution in [0, 0.1) is 17.9 Å². The zero-order valence-corrected chi connectivity index (χ0v) is 29.8. The summed E-state index contributed by atoms with van der Waals surface area (Å²) in [4.78, 5) is 8.09. The lowest BCUT2D eigenvalue weighted by molar-refractivity contribution is 0.332. The lowest BCUT2D eigenvalue weighted by atomic mass is 10.0. The van der Waals surface area contributed by atoms with Crippen LogP contribution in [0.2, 0.25) is 0 Å². The minimum absolute atomic E-state index is 0.0139. The Kier molecular flexibility index (Phi) is 10.3. The van der Waals surface area contributed by atoms with Gasteiger partial charge < -0.3 is 14.5 Å². The van der Waals surface area contributed by atoms with Crippen LogP contribution in [0.15, 0.2) is 181 Å². The molecule has 0 bridgehead atoms. The molecule has 0 amide bonds. The molecule has 6 aromatic carbocycles. The fraction of sp³-hybridized carbons (Fsp3) is 0.0833. The molecule has 0 unspecified atom stereocenters. The van der Waals surface area contributed by atoms with E-state index < -0.39 is 0 Å². The summed E-state index contributed by atoms with van der Waals surface area (Å²) in [5.41, 5.74) is 6.94. The van der Waals surface area contributed by atoms with Crippen molar-refractivity contribution >= 4 is 56.4 Å². The van der Waals surface area contributed by atoms with Crippen LogP contribution in [0.3, 0.4) is 0 Å². The molecule has 256 valence electrons. The van der Waals surface area contributed by atoms with Crippen LogP contribution in [0.4, 0.5) is 22.7 Å². The Bertz CT molecular complexity index is 2410. The average molecular weight is 687 g/mol. The van der Waals surface area contributed by atoms with Crippen LogP contribution >= 0.6 is 0 Å². The minimum atomic E-state index is 0.0139. The van der Waals surface area contributed by atoms with Crippen molar-refractivity contribution in [3.05, 3.63) is 203 Å². The van der Waals surface area contributed by atoms with E-state index in [9.17, 15) is 5.26 Å². The molecule has 5 heteroatoms. The van der Waals surface area contributed by atoms with E-state index in [4.69, 9.17) is 11.3 Å². The SMILES string of the molecule is [C-]#[N+]C(C#N)=C1C=C(C=Cc2ccc(N(CC)CC)cc2)OC(C=Cc2ccc(N(c3cccc4ccccc34)c3cccc4ccccc34)cc2)=C1. The maximum absolute atomic E-state index is 9.67. The Labute approximate surface area is 311 Å². The number of benzene rings is 6. The van der Waals surface area contributed by atoms with Gasteiger partial charge in [0.25, 0.3) is 5.70 Å². The second kappa shape index (κ2) is 15.9. The molecular formula is C48H38N4O. The number of rotatable bonds is 10. The Morgan fingerprint density at radius 1 is 0.623 bits per heavy atom. The van der Waals surface area contributed by atoms with Crippen LogP contribution in [0.1, 0.15) is 25.0 Å². The first-order chi connectivity index (χ1) is 26.1. The number of ether oxygens (including phenoxy) is 1. The predicted molar refractivity (Wildman–Crippen MR) is 221 cm³/mol. The highest BCUT2D eigenvalue weighted by molar-refractivity contribution is 6.04. The molecule has 0 saturated carbocycles. The van der Waals surface area contributed by atoms with E-state index in [-0.39, 0.29) is 5.70 Å². The zero-order chi connectivity index (χ0) is 36.6. The fourth-order valence-electron chi connectivity index (χ4n) is 6.69. The summed E-state index contributed by atoms with van der Waals surface area (Å²) < 4.78 is 6.24. The average Bonchev–Trinajstić information content (AvgIpc) is 3.21. The number of nitriles is 1. The maximum Gasteiger partial charge on any atom is 0.269 e. The molecule has 7 rings (SSSR count). The van der Waals surface area contributed by atoms with Gasteiger partial charge in [-0.2, -0.15) is 0 Å². The van der Waals surface area contributed by atoms with Gasteiger partial charge in [-0.25, -0.2) is 10.1 Å². The molecule has 6 aromatic rings. The third-order valence-corrected chi connectivity index (χ3v) is 9.39. The summed E-state index contributed by atoms with van der Waals surface area (Å²) in [6.07, 6.45) is 11.2. The largest absolute Gasteiger partial charge is 0.457 e. The van der Waals surface area contributed by atoms with Gasteiger partial charge in [0.1, 0.15) is 11.5 Å². The molecule has 0 saturated heterocycles. The van der Waals surface area contributed by atoms with E-state index in [0.29, 0.717) is 17.1 Å². The molecule has 0 spiro atoms. The first-order valence-corrected chi connectivity index (χ1v) is 17.8. The van der Waals surface area contributed by atoms with E-state index in [0.717, 1.165) is 41.3 Å². The number of hydrogen-bond donors (Lipinski definition) is 0. The van der Waals surface area contributed by atoms with Crippen molar-refractivity contribution in [2.24, 2.45) is 0 Å². The Hall–Kier alpha value is -7.08. The zero-order valence-electron chi connectivity index (χ0n) is 29.8. The van der Waals surface area contributed by atoms with Gasteiger partial charge in [0.05, 0.1) is 24.0 Å². The second-order valence-electron chi connectivity index (χ2n) is 12.6. The van der Waals surface area contributed by atoms with Gasteiger partial charge in [-0.15, -0.1) is 0 Å². The van der Waals surface area contributed by atoms with Gasteiger partial charge >= 0.3 is 0 Å². The van der Waals surface area contributed by atoms with Crippen molar-refractivity contribution in [3.8, 4) is 6.07 Å². The second-order valence-corrected chi connectivity index (χ2v) is 12.6. The summed E-state index contributed by atoms with van der Waals surface area (Å²) in [6, 6.07) is 48.7. The van der Waals surface area contributed by atoms with Crippen molar-refractivity contribution in [2.75, 3.05) is 22.9 Å². The Morgan fingerprint density at radius 3 is 1.57 bits per heavy atom. The molecule has 0 aromatic heterocycles. The van der Waals surface area contributed by atoms with Crippen molar-refractivity contribution < 1.29 is 4.74 Å². The normalized spacial score (nSPS) is 13.7. The summed E-state index contributed by atoms with van der Waals surface area (Å²) in [5.74, 6) is 1.08. The highest BCUT2D eigenvalue weighted by atomic mass is 16.5. The first kappa shape index (κ1) is 34.4. The predicted octanol–water partition coefficient (Wildman–Crippen LogP) is 12.5. The van der Waals surface area contributed by atoms with Crippen LogP contribution in [-0.2, 0) is 4.74 Å². The van der Waals surface area contributed by atoms with Crippen molar-refractivity contribution in [2.45, 2.75) is 13.8 Å². The van der Waals surface area contributed by atoms with Crippen molar-refractivity contribution in [1.29, 1.82) is 5.26 Å². The van der Waals surface area contributed by atoms with E-state index in [1.807, 2.05) is 30.4 Å². The number of allylic oxidation sites excluding steroid dienone is 6. The number of anilines is 4. The van der Waals surface area contributed by atoms with Gasteiger partial charge in [0.2, 0.25) is 0 Å². The quantitative estimate of drug-likeness (QED) is 0.106. The minimum Gasteiger partial charge on any atom is -0.457 e. The van der Waals surface area contributed by atoms with E-state index in [1.165, 1.54) is 27.2 Å². The van der Waals surface area contributed by atoms with Gasteiger partial charge in [-0.1, -0.05) is 109 Å². The molecule has 1 aliphatic rings. The molecule has 5 nitrogen and oxygen atoms in total. The van der Waals surface area contributed by atoms with Crippen LogP contribution < -0.4 is 9.80 Å². The molecule has 1 heterocycles. The number of nitrogens with zero attached hydrogens (tertiary/aromatic N) is 4. The van der Waals surface area contributed by atoms with E-state index in [1.54, 1.807) is 12.2 Å². The highest BCUT2D eigenvalue weighted by Gasteiger charge is 2.18. The van der Waals surface area contributed by atoms with Crippen LogP contribution in [-0.4, -0.2) is 13.1 Å². The summed E-state index contributed by atoms with van der Waals surface area (Å²) >= 11 is 0. The fourth-order valence-corrected chi connectivity index (χ4v) is 6.69. The third-order valence-electron chi connectivity index (χ3n) is 9.39. The Morgan fingerprint density at radius 2 is 1.09 bits per heavy atom. The topological polar surface area (TPSA) is 43.9 Å². The molecule has 0 radical (unpaired) electrons. The molecule has 0 fully saturated rings. The standard InChI is InChI=1S/C48H38N4O/c1-4-51(5-2)40-26-20-35(21-27-40)24-30-42-32-39(46(34-49)50-3)33-43(53-42)31-25-36-22-28-41(29-23-36)52(47-18-10-14-37-12-6-8-16-44(37)47)48-19-11-15-38-13-7-9-17-45(38)48/h6-33H,4-5H2,1-2H3. The summed E-state index contributed by atoms with van der Waals surface area (Å²) in [5, 5.41) is 14.4. The molecule has 1 aliphatic heterocycles. The van der Waals surface area contributed by atoms with E-state index in [2.05, 4.69) is 162 Å². The van der Waals surface area contributed by atoms with Crippen molar-refractivity contribution in [1.82, 2.24) is 0 Å². The molecular weight excluding hydrogens is 649 g/mol.